The number of carboxylic acids is 1. The Hall–Kier alpha value is -1.77. The van der Waals surface area contributed by atoms with E-state index in [1.165, 1.54) is 0 Å². The van der Waals surface area contributed by atoms with E-state index in [-0.39, 0.29) is 6.07 Å². The van der Waals surface area contributed by atoms with Crippen LogP contribution in [0.2, 0.25) is 0 Å². The SMILES string of the molecule is NCc1nc(C(F)(F)F)c(C(=O)O)cc1C(F)F. The fourth-order valence-corrected chi connectivity index (χ4v) is 1.30. The Morgan fingerprint density at radius 3 is 2.33 bits per heavy atom. The quantitative estimate of drug-likeness (QED) is 0.825. The van der Waals surface area contributed by atoms with E-state index in [0.717, 1.165) is 0 Å². The average Bonchev–Trinajstić information content (AvgIpc) is 2.25. The van der Waals surface area contributed by atoms with Gasteiger partial charge < -0.3 is 10.8 Å². The minimum atomic E-state index is -5.06. The van der Waals surface area contributed by atoms with Crippen molar-refractivity contribution in [2.24, 2.45) is 5.73 Å². The molecule has 4 nitrogen and oxygen atoms in total. The first-order valence-electron chi connectivity index (χ1n) is 4.51. The molecule has 0 fully saturated rings. The number of nitrogens with two attached hydrogens (primary N) is 1. The summed E-state index contributed by atoms with van der Waals surface area (Å²) in [5.41, 5.74) is 0.363. The highest BCUT2D eigenvalue weighted by Crippen LogP contribution is 2.33. The molecule has 0 atom stereocenters. The van der Waals surface area contributed by atoms with E-state index in [2.05, 4.69) is 4.98 Å². The van der Waals surface area contributed by atoms with Gasteiger partial charge in [0.1, 0.15) is 0 Å². The molecule has 1 aromatic rings. The van der Waals surface area contributed by atoms with Crippen molar-refractivity contribution >= 4 is 5.97 Å². The highest BCUT2D eigenvalue weighted by atomic mass is 19.4. The minimum absolute atomic E-state index is 0.255. The van der Waals surface area contributed by atoms with Gasteiger partial charge in [-0.1, -0.05) is 0 Å². The van der Waals surface area contributed by atoms with Crippen LogP contribution in [0.15, 0.2) is 6.07 Å². The van der Waals surface area contributed by atoms with Gasteiger partial charge >= 0.3 is 12.1 Å². The highest BCUT2D eigenvalue weighted by Gasteiger charge is 2.38. The molecule has 1 rings (SSSR count). The number of carbonyl (C=O) groups is 1. The zero-order valence-corrected chi connectivity index (χ0v) is 8.63. The van der Waals surface area contributed by atoms with Crippen LogP contribution in [-0.4, -0.2) is 16.1 Å². The van der Waals surface area contributed by atoms with Crippen molar-refractivity contribution in [3.63, 3.8) is 0 Å². The van der Waals surface area contributed by atoms with E-state index in [0.29, 0.717) is 0 Å². The number of alkyl halides is 5. The standard InChI is InChI=1S/C9H7F5N2O2/c10-7(11)3-1-4(8(17)18)6(9(12,13)14)16-5(3)2-15/h1,7H,2,15H2,(H,17,18). The molecule has 0 bridgehead atoms. The Morgan fingerprint density at radius 1 is 1.44 bits per heavy atom. The van der Waals surface area contributed by atoms with Crippen molar-refractivity contribution in [3.05, 3.63) is 28.6 Å². The zero-order valence-electron chi connectivity index (χ0n) is 8.63. The monoisotopic (exact) mass is 270 g/mol. The van der Waals surface area contributed by atoms with Crippen LogP contribution in [-0.2, 0) is 12.7 Å². The van der Waals surface area contributed by atoms with Gasteiger partial charge in [-0.15, -0.1) is 0 Å². The van der Waals surface area contributed by atoms with E-state index in [1.807, 2.05) is 0 Å². The first-order valence-corrected chi connectivity index (χ1v) is 4.51. The van der Waals surface area contributed by atoms with Crippen molar-refractivity contribution in [1.82, 2.24) is 4.98 Å². The van der Waals surface area contributed by atoms with Gasteiger partial charge in [0, 0.05) is 12.1 Å². The largest absolute Gasteiger partial charge is 0.478 e. The number of hydrogen-bond acceptors (Lipinski definition) is 3. The van der Waals surface area contributed by atoms with Crippen molar-refractivity contribution in [1.29, 1.82) is 0 Å². The van der Waals surface area contributed by atoms with E-state index in [1.54, 1.807) is 0 Å². The summed E-state index contributed by atoms with van der Waals surface area (Å²) in [5, 5.41) is 8.58. The Kier molecular flexibility index (Phi) is 3.85. The fourth-order valence-electron chi connectivity index (χ4n) is 1.30. The molecule has 0 saturated heterocycles. The number of hydrogen-bond donors (Lipinski definition) is 2. The molecule has 0 amide bonds. The summed E-state index contributed by atoms with van der Waals surface area (Å²) in [7, 11) is 0. The number of nitrogens with zero attached hydrogens (tertiary/aromatic N) is 1. The topological polar surface area (TPSA) is 76.2 Å². The fraction of sp³-hybridized carbons (Fsp3) is 0.333. The third-order valence-corrected chi connectivity index (χ3v) is 2.06. The van der Waals surface area contributed by atoms with Gasteiger partial charge in [0.2, 0.25) is 0 Å². The van der Waals surface area contributed by atoms with Gasteiger partial charge in [0.25, 0.3) is 6.43 Å². The molecule has 0 unspecified atom stereocenters. The van der Waals surface area contributed by atoms with Crippen LogP contribution in [0.3, 0.4) is 0 Å². The maximum Gasteiger partial charge on any atom is 0.434 e. The number of carboxylic acid groups (broad SMARTS) is 1. The smallest absolute Gasteiger partial charge is 0.434 e. The lowest BCUT2D eigenvalue weighted by molar-refractivity contribution is -0.141. The van der Waals surface area contributed by atoms with Crippen LogP contribution in [0.4, 0.5) is 22.0 Å². The molecule has 0 spiro atoms. The summed E-state index contributed by atoms with van der Waals surface area (Å²) >= 11 is 0. The molecule has 0 aliphatic rings. The summed E-state index contributed by atoms with van der Waals surface area (Å²) in [6.45, 7) is -0.650. The summed E-state index contributed by atoms with van der Waals surface area (Å²) in [4.78, 5) is 13.5. The molecular formula is C9H7F5N2O2. The van der Waals surface area contributed by atoms with Gasteiger partial charge in [0.05, 0.1) is 11.3 Å². The molecule has 0 aromatic carbocycles. The predicted octanol–water partition coefficient (Wildman–Crippen LogP) is 2.19. The lowest BCUT2D eigenvalue weighted by Gasteiger charge is -2.14. The van der Waals surface area contributed by atoms with Crippen molar-refractivity contribution in [2.45, 2.75) is 19.1 Å². The normalized spacial score (nSPS) is 11.9. The summed E-state index contributed by atoms with van der Waals surface area (Å²) in [6.07, 6.45) is -8.21. The molecule has 0 aliphatic heterocycles. The third kappa shape index (κ3) is 2.73. The van der Waals surface area contributed by atoms with Crippen LogP contribution >= 0.6 is 0 Å². The number of aromatic carboxylic acids is 1. The molecule has 100 valence electrons. The van der Waals surface area contributed by atoms with Gasteiger partial charge in [-0.3, -0.25) is 0 Å². The number of halogens is 5. The highest BCUT2D eigenvalue weighted by molar-refractivity contribution is 5.89. The molecule has 1 heterocycles. The second-order valence-corrected chi connectivity index (χ2v) is 3.23. The molecule has 0 radical (unpaired) electrons. The minimum Gasteiger partial charge on any atom is -0.478 e. The van der Waals surface area contributed by atoms with Crippen LogP contribution in [0.5, 0.6) is 0 Å². The molecule has 9 heteroatoms. The molecule has 1 aromatic heterocycles. The van der Waals surface area contributed by atoms with Crippen LogP contribution < -0.4 is 5.73 Å². The first-order chi connectivity index (χ1) is 8.18. The van der Waals surface area contributed by atoms with Gasteiger partial charge in [0.15, 0.2) is 5.69 Å². The van der Waals surface area contributed by atoms with Gasteiger partial charge in [-0.2, -0.15) is 13.2 Å². The Morgan fingerprint density at radius 2 is 2.00 bits per heavy atom. The predicted molar refractivity (Wildman–Crippen MR) is 49.0 cm³/mol. The van der Waals surface area contributed by atoms with Crippen LogP contribution in [0, 0.1) is 0 Å². The van der Waals surface area contributed by atoms with Crippen molar-refractivity contribution < 1.29 is 31.9 Å². The number of aromatic nitrogens is 1. The van der Waals surface area contributed by atoms with E-state index in [9.17, 15) is 26.7 Å². The van der Waals surface area contributed by atoms with E-state index in [4.69, 9.17) is 10.8 Å². The summed E-state index contributed by atoms with van der Waals surface area (Å²) < 4.78 is 62.5. The van der Waals surface area contributed by atoms with E-state index < -0.39 is 47.6 Å². The second-order valence-electron chi connectivity index (χ2n) is 3.23. The summed E-state index contributed by atoms with van der Waals surface area (Å²) in [6, 6.07) is 0.255. The molecule has 0 aliphatic carbocycles. The molecule has 3 N–H and O–H groups in total. The molecule has 18 heavy (non-hydrogen) atoms. The molecule has 0 saturated carbocycles. The van der Waals surface area contributed by atoms with Gasteiger partial charge in [-0.25, -0.2) is 18.6 Å². The van der Waals surface area contributed by atoms with Crippen LogP contribution in [0.1, 0.15) is 33.7 Å². The van der Waals surface area contributed by atoms with E-state index >= 15 is 0 Å². The number of rotatable bonds is 3. The average molecular weight is 270 g/mol. The lowest BCUT2D eigenvalue weighted by atomic mass is 10.1. The lowest BCUT2D eigenvalue weighted by Crippen LogP contribution is -2.19. The first kappa shape index (κ1) is 14.3. The maximum absolute atomic E-state index is 12.5. The molecular weight excluding hydrogens is 263 g/mol. The zero-order chi connectivity index (χ0) is 14.1. The van der Waals surface area contributed by atoms with Crippen molar-refractivity contribution in [2.75, 3.05) is 0 Å². The second kappa shape index (κ2) is 4.84. The number of pyridine rings is 1. The maximum atomic E-state index is 12.5. The van der Waals surface area contributed by atoms with Gasteiger partial charge in [-0.05, 0) is 6.07 Å². The van der Waals surface area contributed by atoms with Crippen molar-refractivity contribution in [3.8, 4) is 0 Å². The Balaban J connectivity index is 3.58. The summed E-state index contributed by atoms with van der Waals surface area (Å²) in [5.74, 6) is -1.99. The Bertz CT molecular complexity index is 473. The third-order valence-electron chi connectivity index (χ3n) is 2.06. The van der Waals surface area contributed by atoms with Crippen LogP contribution in [0.25, 0.3) is 0 Å². The Labute approximate surface area is 97.2 Å².